The van der Waals surface area contributed by atoms with Gasteiger partial charge in [0.15, 0.2) is 0 Å². The van der Waals surface area contributed by atoms with Gasteiger partial charge in [-0.05, 0) is 55.7 Å². The van der Waals surface area contributed by atoms with Gasteiger partial charge in [0.05, 0.1) is 0 Å². The van der Waals surface area contributed by atoms with E-state index in [0.29, 0.717) is 17.2 Å². The fourth-order valence-electron chi connectivity index (χ4n) is 2.36. The number of hydrogen-bond acceptors (Lipinski definition) is 3. The molecule has 3 aromatic rings. The van der Waals surface area contributed by atoms with E-state index in [1.807, 2.05) is 91.0 Å². The van der Waals surface area contributed by atoms with Crippen LogP contribution in [0.15, 0.2) is 115 Å². The van der Waals surface area contributed by atoms with Crippen LogP contribution in [-0.4, -0.2) is 0 Å². The second-order valence-electron chi connectivity index (χ2n) is 7.02. The third-order valence-corrected chi connectivity index (χ3v) is 4.84. The zero-order chi connectivity index (χ0) is 30.4. The second kappa shape index (κ2) is 20.0. The van der Waals surface area contributed by atoms with E-state index in [4.69, 9.17) is 22.9 Å². The van der Waals surface area contributed by atoms with Crippen LogP contribution in [0.4, 0.5) is 25.2 Å². The van der Waals surface area contributed by atoms with Crippen molar-refractivity contribution in [3.63, 3.8) is 0 Å². The molecule has 0 saturated heterocycles. The molecule has 0 aliphatic heterocycles. The average molecular weight is 660 g/mol. The van der Waals surface area contributed by atoms with Gasteiger partial charge in [-0.15, -0.1) is 0 Å². The molecule has 14 heteroatoms. The van der Waals surface area contributed by atoms with E-state index in [0.717, 1.165) is 0 Å². The molecule has 0 saturated carbocycles. The number of hydrogen-bond donors (Lipinski definition) is 0. The van der Waals surface area contributed by atoms with Gasteiger partial charge in [0.2, 0.25) is 0 Å². The smallest absolute Gasteiger partial charge is 0.409 e. The topological polar surface area (TPSA) is 67.5 Å². The van der Waals surface area contributed by atoms with E-state index in [1.54, 1.807) is 0 Å². The van der Waals surface area contributed by atoms with E-state index in [1.165, 1.54) is 12.8 Å². The Balaban J connectivity index is 0. The number of halogens is 6. The molecule has 3 aromatic carbocycles. The minimum absolute atomic E-state index is 0. The molecule has 1 aliphatic rings. The molecular formula is C27H24F6FeO5P2-. The summed E-state index contributed by atoms with van der Waals surface area (Å²) in [5.74, 6) is 2.13. The quantitative estimate of drug-likeness (QED) is 0.0869. The summed E-state index contributed by atoms with van der Waals surface area (Å²) in [7, 11) is -12.2. The molecule has 41 heavy (non-hydrogen) atoms. The summed E-state index contributed by atoms with van der Waals surface area (Å²) in [6.07, 6.45) is 13.0. The Morgan fingerprint density at radius 3 is 1.17 bits per heavy atom. The van der Waals surface area contributed by atoms with Crippen LogP contribution >= 0.6 is 16.4 Å². The molecule has 0 fully saturated rings. The largest absolute Gasteiger partial charge is 0.530 e. The van der Waals surface area contributed by atoms with Crippen LogP contribution in [0.2, 0.25) is 0 Å². The average Bonchev–Trinajstić information content (AvgIpc) is 3.25. The second-order valence-corrected chi connectivity index (χ2v) is 9.93. The normalized spacial score (nSPS) is 12.9. The van der Waals surface area contributed by atoms with Crippen LogP contribution in [0.5, 0.6) is 17.2 Å². The van der Waals surface area contributed by atoms with Gasteiger partial charge in [-0.1, -0.05) is 78.9 Å². The Morgan fingerprint density at radius 1 is 0.537 bits per heavy atom. The number of benzene rings is 3. The molecule has 0 aromatic heterocycles. The van der Waals surface area contributed by atoms with Gasteiger partial charge in [-0.3, -0.25) is 0 Å². The molecule has 1 radical (unpaired) electrons. The Labute approximate surface area is 246 Å². The van der Waals surface area contributed by atoms with Gasteiger partial charge in [0.25, 0.3) is 0 Å². The summed E-state index contributed by atoms with van der Waals surface area (Å²) < 4.78 is 91.7. The van der Waals surface area contributed by atoms with Crippen LogP contribution in [0.1, 0.15) is 12.8 Å². The monoisotopic (exact) mass is 660 g/mol. The molecule has 0 N–H and O–H groups in total. The fraction of sp³-hybridized carbons (Fsp3) is 0.0741. The number of rotatable bonds is 6. The van der Waals surface area contributed by atoms with Crippen LogP contribution in [-0.2, 0) is 26.4 Å². The van der Waals surface area contributed by atoms with E-state index < -0.39 is 16.4 Å². The summed E-state index contributed by atoms with van der Waals surface area (Å²) in [4.78, 5) is 0. The fourth-order valence-corrected chi connectivity index (χ4v) is 3.36. The van der Waals surface area contributed by atoms with Gasteiger partial charge in [-0.25, -0.2) is 0 Å². The van der Waals surface area contributed by atoms with Crippen molar-refractivity contribution in [3.8, 4) is 17.2 Å². The first kappa shape index (κ1) is 40.1. The first-order chi connectivity index (χ1) is 18.8. The molecule has 0 unspecified atom stereocenters. The Kier molecular flexibility index (Phi) is 19.5. The molecule has 0 atom stereocenters. The van der Waals surface area contributed by atoms with Crippen LogP contribution in [0.25, 0.3) is 0 Å². The van der Waals surface area contributed by atoms with Gasteiger partial charge in [-0.2, -0.15) is 0 Å². The first-order valence-corrected chi connectivity index (χ1v) is 14.1. The summed E-state index contributed by atoms with van der Waals surface area (Å²) in [5.41, 5.74) is 0. The summed E-state index contributed by atoms with van der Waals surface area (Å²) in [6.45, 7) is 9.00. The van der Waals surface area contributed by atoms with Crippen molar-refractivity contribution in [2.45, 2.75) is 12.8 Å². The summed E-state index contributed by atoms with van der Waals surface area (Å²) in [6, 6.07) is 28.5. The predicted molar refractivity (Wildman–Crippen MR) is 141 cm³/mol. The maximum atomic E-state index is 9.87. The predicted octanol–water partition coefficient (Wildman–Crippen LogP) is 10.9. The molecule has 4 rings (SSSR count). The molecule has 0 heterocycles. The Morgan fingerprint density at radius 2 is 0.854 bits per heavy atom. The molecule has 5 nitrogen and oxygen atoms in total. The van der Waals surface area contributed by atoms with Gasteiger partial charge < -0.3 is 13.6 Å². The minimum atomic E-state index is -10.7. The molecule has 0 spiro atoms. The van der Waals surface area contributed by atoms with Crippen molar-refractivity contribution in [1.29, 1.82) is 0 Å². The number of para-hydroxylation sites is 3. The molecule has 223 valence electrons. The first-order valence-electron chi connectivity index (χ1n) is 11.0. The van der Waals surface area contributed by atoms with E-state index in [-0.39, 0.29) is 17.1 Å². The SMILES string of the molecule is F[P-](F)(F)(F)(F)F.[C-]#[O+].[C-]#[O+].[CH]1C=CC=CCC1.[Fe].c1ccc(OP(Oc2ccccc2)Oc2ccccc2)cc1. The van der Waals surface area contributed by atoms with Crippen molar-refractivity contribution in [2.24, 2.45) is 0 Å². The Hall–Kier alpha value is -3.02. The third-order valence-electron chi connectivity index (χ3n) is 3.76. The zero-order valence-corrected chi connectivity index (χ0v) is 23.9. The number of allylic oxidation sites excluding steroid dienone is 4. The van der Waals surface area contributed by atoms with Crippen LogP contribution < -0.4 is 13.6 Å². The van der Waals surface area contributed by atoms with Crippen LogP contribution in [0, 0.1) is 19.7 Å². The maximum Gasteiger partial charge on any atom is 0.530 e. The molecular weight excluding hydrogens is 636 g/mol. The molecule has 0 amide bonds. The van der Waals surface area contributed by atoms with Gasteiger partial charge >= 0.3 is 64.2 Å². The zero-order valence-electron chi connectivity index (χ0n) is 21.0. The van der Waals surface area contributed by atoms with E-state index in [2.05, 4.69) is 44.0 Å². The van der Waals surface area contributed by atoms with Crippen molar-refractivity contribution >= 4 is 16.4 Å². The molecule has 1 aliphatic carbocycles. The molecule has 0 bridgehead atoms. The minimum Gasteiger partial charge on any atom is -0.409 e. The van der Waals surface area contributed by atoms with E-state index in [9.17, 15) is 25.2 Å². The van der Waals surface area contributed by atoms with Gasteiger partial charge in [0.1, 0.15) is 17.2 Å². The van der Waals surface area contributed by atoms with Crippen molar-refractivity contribution in [3.05, 3.63) is 135 Å². The van der Waals surface area contributed by atoms with Crippen molar-refractivity contribution in [1.82, 2.24) is 0 Å². The van der Waals surface area contributed by atoms with Gasteiger partial charge in [0, 0.05) is 17.1 Å². The standard InChI is InChI=1S/C18H15O3P.C7H9.2CO.F6P.Fe/c1-4-10-16(11-5-1)19-22(20-17-12-6-2-7-13-17)21-18-14-8-3-9-15-18;1-2-4-6-7-5-3-1;2*1-2;1-7(2,3,4,5)6;/h1-15H;1-5H,6-7H2;;;;/q;;;;-1;. The third kappa shape index (κ3) is 28.3. The van der Waals surface area contributed by atoms with Crippen LogP contribution in [0.3, 0.4) is 0 Å². The summed E-state index contributed by atoms with van der Waals surface area (Å²) in [5, 5.41) is 0. The Bertz CT molecular complexity index is 1050. The van der Waals surface area contributed by atoms with E-state index >= 15 is 0 Å². The maximum absolute atomic E-state index is 10.7. The summed E-state index contributed by atoms with van der Waals surface area (Å²) >= 11 is 0. The van der Waals surface area contributed by atoms with Crippen molar-refractivity contribution in [2.75, 3.05) is 0 Å². The van der Waals surface area contributed by atoms with Crippen molar-refractivity contribution < 1.29 is 65.1 Å².